The highest BCUT2D eigenvalue weighted by Crippen LogP contribution is 2.39. The van der Waals surface area contributed by atoms with Crippen molar-refractivity contribution >= 4 is 15.9 Å². The van der Waals surface area contributed by atoms with E-state index in [0.29, 0.717) is 11.7 Å². The van der Waals surface area contributed by atoms with Crippen molar-refractivity contribution in [3.63, 3.8) is 0 Å². The van der Waals surface area contributed by atoms with Crippen LogP contribution in [0.15, 0.2) is 10.5 Å². The Hall–Kier alpha value is -0.540. The van der Waals surface area contributed by atoms with E-state index in [-0.39, 0.29) is 0 Å². The third-order valence-electron chi connectivity index (χ3n) is 3.48. The van der Waals surface area contributed by atoms with Crippen LogP contribution >= 0.6 is 15.9 Å². The van der Waals surface area contributed by atoms with Crippen molar-refractivity contribution in [2.75, 3.05) is 13.1 Å². The Morgan fingerprint density at radius 1 is 1.31 bits per heavy atom. The first kappa shape index (κ1) is 11.9. The van der Waals surface area contributed by atoms with Gasteiger partial charge in [-0.25, -0.2) is 0 Å². The summed E-state index contributed by atoms with van der Waals surface area (Å²) in [6.45, 7) is 6.15. The maximum absolute atomic E-state index is 10.2. The molecule has 0 saturated carbocycles. The average Bonchev–Trinajstić information content (AvgIpc) is 2.28. The van der Waals surface area contributed by atoms with Gasteiger partial charge in [-0.1, -0.05) is 15.9 Å². The van der Waals surface area contributed by atoms with Crippen LogP contribution in [0.4, 0.5) is 0 Å². The van der Waals surface area contributed by atoms with Gasteiger partial charge in [0.1, 0.15) is 5.75 Å². The third kappa shape index (κ3) is 2.11. The zero-order chi connectivity index (χ0) is 11.7. The number of aromatic hydroxyl groups is 1. The highest BCUT2D eigenvalue weighted by atomic mass is 79.9. The summed E-state index contributed by atoms with van der Waals surface area (Å²) in [4.78, 5) is 0. The molecule has 2 rings (SSSR count). The van der Waals surface area contributed by atoms with E-state index in [1.54, 1.807) is 0 Å². The van der Waals surface area contributed by atoms with Crippen molar-refractivity contribution in [3.8, 4) is 5.75 Å². The van der Waals surface area contributed by atoms with Gasteiger partial charge in [0.25, 0.3) is 0 Å². The Balaban J connectivity index is 2.45. The number of benzene rings is 1. The van der Waals surface area contributed by atoms with Crippen molar-refractivity contribution in [3.05, 3.63) is 27.2 Å². The van der Waals surface area contributed by atoms with Gasteiger partial charge >= 0.3 is 0 Å². The Kier molecular flexibility index (Phi) is 3.55. The molecule has 0 atom stereocenters. The van der Waals surface area contributed by atoms with Crippen molar-refractivity contribution in [2.45, 2.75) is 32.6 Å². The molecular formula is C13H18BrNO. The SMILES string of the molecule is Cc1cc(Br)c(C)c(C2CCNCC2)c1O. The minimum atomic E-state index is 0.493. The van der Waals surface area contributed by atoms with Gasteiger partial charge in [-0.3, -0.25) is 0 Å². The van der Waals surface area contributed by atoms with Crippen LogP contribution in [0.5, 0.6) is 5.75 Å². The Morgan fingerprint density at radius 3 is 2.56 bits per heavy atom. The highest BCUT2D eigenvalue weighted by Gasteiger charge is 2.22. The second-order valence-electron chi connectivity index (χ2n) is 4.59. The first-order chi connectivity index (χ1) is 7.61. The Morgan fingerprint density at radius 2 is 1.94 bits per heavy atom. The molecule has 1 saturated heterocycles. The van der Waals surface area contributed by atoms with Gasteiger partial charge in [0.05, 0.1) is 0 Å². The molecule has 2 N–H and O–H groups in total. The number of rotatable bonds is 1. The monoisotopic (exact) mass is 283 g/mol. The Labute approximate surface area is 105 Å². The number of hydrogen-bond donors (Lipinski definition) is 2. The minimum Gasteiger partial charge on any atom is -0.507 e. The summed E-state index contributed by atoms with van der Waals surface area (Å²) in [5.74, 6) is 0.991. The van der Waals surface area contributed by atoms with E-state index in [1.165, 1.54) is 5.56 Å². The van der Waals surface area contributed by atoms with Gasteiger partial charge < -0.3 is 10.4 Å². The second kappa shape index (κ2) is 4.76. The van der Waals surface area contributed by atoms with Crippen LogP contribution in [0.1, 0.15) is 35.4 Å². The molecule has 2 nitrogen and oxygen atoms in total. The number of aryl methyl sites for hydroxylation is 1. The maximum atomic E-state index is 10.2. The molecule has 0 radical (unpaired) electrons. The molecule has 0 aliphatic carbocycles. The maximum Gasteiger partial charge on any atom is 0.122 e. The molecule has 1 aromatic carbocycles. The van der Waals surface area contributed by atoms with Crippen LogP contribution in [0.2, 0.25) is 0 Å². The predicted octanol–water partition coefficient (Wildman–Crippen LogP) is 3.24. The van der Waals surface area contributed by atoms with Crippen LogP contribution in [-0.2, 0) is 0 Å². The largest absolute Gasteiger partial charge is 0.507 e. The number of piperidine rings is 1. The number of halogens is 1. The topological polar surface area (TPSA) is 32.3 Å². The van der Waals surface area contributed by atoms with Crippen molar-refractivity contribution in [1.82, 2.24) is 5.32 Å². The number of hydrogen-bond acceptors (Lipinski definition) is 2. The molecule has 1 heterocycles. The fraction of sp³-hybridized carbons (Fsp3) is 0.538. The van der Waals surface area contributed by atoms with E-state index in [1.807, 2.05) is 13.0 Å². The lowest BCUT2D eigenvalue weighted by Gasteiger charge is -2.26. The molecule has 1 aliphatic heterocycles. The molecule has 0 bridgehead atoms. The average molecular weight is 284 g/mol. The first-order valence-electron chi connectivity index (χ1n) is 5.80. The molecule has 88 valence electrons. The number of phenols is 1. The second-order valence-corrected chi connectivity index (χ2v) is 5.44. The summed E-state index contributed by atoms with van der Waals surface area (Å²) in [6, 6.07) is 2.00. The molecule has 1 fully saturated rings. The van der Waals surface area contributed by atoms with Crippen LogP contribution in [0.25, 0.3) is 0 Å². The lowest BCUT2D eigenvalue weighted by Crippen LogP contribution is -2.27. The van der Waals surface area contributed by atoms with E-state index in [2.05, 4.69) is 28.2 Å². The molecule has 1 aromatic rings. The molecule has 16 heavy (non-hydrogen) atoms. The molecule has 0 aromatic heterocycles. The lowest BCUT2D eigenvalue weighted by molar-refractivity contribution is 0.420. The summed E-state index contributed by atoms with van der Waals surface area (Å²) >= 11 is 3.57. The van der Waals surface area contributed by atoms with Gasteiger partial charge in [-0.15, -0.1) is 0 Å². The predicted molar refractivity (Wildman–Crippen MR) is 70.1 cm³/mol. The highest BCUT2D eigenvalue weighted by molar-refractivity contribution is 9.10. The number of nitrogens with one attached hydrogen (secondary N) is 1. The third-order valence-corrected chi connectivity index (χ3v) is 4.31. The quantitative estimate of drug-likeness (QED) is 0.829. The molecule has 0 spiro atoms. The zero-order valence-electron chi connectivity index (χ0n) is 9.81. The zero-order valence-corrected chi connectivity index (χ0v) is 11.4. The van der Waals surface area contributed by atoms with E-state index in [0.717, 1.165) is 41.5 Å². The van der Waals surface area contributed by atoms with Crippen LogP contribution in [0.3, 0.4) is 0 Å². The Bertz CT molecular complexity index is 371. The van der Waals surface area contributed by atoms with E-state index in [4.69, 9.17) is 0 Å². The fourth-order valence-electron chi connectivity index (χ4n) is 2.50. The standard InChI is InChI=1S/C13H18BrNO/c1-8-7-11(14)9(2)12(13(8)16)10-3-5-15-6-4-10/h7,10,15-16H,3-6H2,1-2H3. The van der Waals surface area contributed by atoms with Gasteiger partial charge in [0.2, 0.25) is 0 Å². The van der Waals surface area contributed by atoms with Crippen LogP contribution < -0.4 is 5.32 Å². The van der Waals surface area contributed by atoms with Crippen molar-refractivity contribution in [1.29, 1.82) is 0 Å². The molecular weight excluding hydrogens is 266 g/mol. The first-order valence-corrected chi connectivity index (χ1v) is 6.60. The van der Waals surface area contributed by atoms with Gasteiger partial charge in [-0.05, 0) is 62.9 Å². The summed E-state index contributed by atoms with van der Waals surface area (Å²) < 4.78 is 1.11. The van der Waals surface area contributed by atoms with Gasteiger partial charge in [0, 0.05) is 10.0 Å². The van der Waals surface area contributed by atoms with Crippen molar-refractivity contribution < 1.29 is 5.11 Å². The molecule has 1 aliphatic rings. The van der Waals surface area contributed by atoms with Gasteiger partial charge in [0.15, 0.2) is 0 Å². The fourth-order valence-corrected chi connectivity index (χ4v) is 3.05. The van der Waals surface area contributed by atoms with E-state index in [9.17, 15) is 5.11 Å². The summed E-state index contributed by atoms with van der Waals surface area (Å²) in [5, 5.41) is 13.6. The van der Waals surface area contributed by atoms with Gasteiger partial charge in [-0.2, -0.15) is 0 Å². The molecule has 0 amide bonds. The summed E-state index contributed by atoms with van der Waals surface area (Å²) in [7, 11) is 0. The summed E-state index contributed by atoms with van der Waals surface area (Å²) in [5.41, 5.74) is 3.30. The van der Waals surface area contributed by atoms with Crippen molar-refractivity contribution in [2.24, 2.45) is 0 Å². The van der Waals surface area contributed by atoms with Crippen LogP contribution in [0, 0.1) is 13.8 Å². The normalized spacial score (nSPS) is 17.7. The van der Waals surface area contributed by atoms with E-state index < -0.39 is 0 Å². The molecule has 3 heteroatoms. The number of phenolic OH excluding ortho intramolecular Hbond substituents is 1. The minimum absolute atomic E-state index is 0.493. The lowest BCUT2D eigenvalue weighted by atomic mass is 9.86. The van der Waals surface area contributed by atoms with E-state index >= 15 is 0 Å². The summed E-state index contributed by atoms with van der Waals surface area (Å²) in [6.07, 6.45) is 2.23. The smallest absolute Gasteiger partial charge is 0.122 e. The molecule has 0 unspecified atom stereocenters. The van der Waals surface area contributed by atoms with Crippen LogP contribution in [-0.4, -0.2) is 18.2 Å².